The van der Waals surface area contributed by atoms with Crippen LogP contribution in [0.3, 0.4) is 0 Å². The van der Waals surface area contributed by atoms with Gasteiger partial charge in [-0.1, -0.05) is 6.07 Å². The van der Waals surface area contributed by atoms with Gasteiger partial charge in [0.2, 0.25) is 0 Å². The van der Waals surface area contributed by atoms with Gasteiger partial charge in [0.15, 0.2) is 0 Å². The van der Waals surface area contributed by atoms with E-state index in [2.05, 4.69) is 4.98 Å². The first kappa shape index (κ1) is 12.9. The summed E-state index contributed by atoms with van der Waals surface area (Å²) in [6.07, 6.45) is 2.28. The molecule has 0 amide bonds. The molecule has 0 atom stereocenters. The maximum absolute atomic E-state index is 11.8. The second-order valence-electron chi connectivity index (χ2n) is 4.10. The van der Waals surface area contributed by atoms with Crippen LogP contribution in [0.15, 0.2) is 42.6 Å². The molecule has 1 heterocycles. The molecule has 4 N–H and O–H groups in total. The molecule has 0 spiro atoms. The number of hydrogen-bond donors (Lipinski definition) is 2. The number of nitrogens with zero attached hydrogens (tertiary/aromatic N) is 1. The molecule has 5 nitrogen and oxygen atoms in total. The molecule has 1 aromatic heterocycles. The third kappa shape index (κ3) is 3.70. The van der Waals surface area contributed by atoms with Crippen molar-refractivity contribution >= 4 is 17.3 Å². The second-order valence-corrected chi connectivity index (χ2v) is 4.10. The third-order valence-corrected chi connectivity index (χ3v) is 2.53. The second kappa shape index (κ2) is 5.86. The summed E-state index contributed by atoms with van der Waals surface area (Å²) in [6, 6.07) is 10.3. The highest BCUT2D eigenvalue weighted by Gasteiger charge is 2.08. The van der Waals surface area contributed by atoms with Crippen molar-refractivity contribution in [3.05, 3.63) is 53.9 Å². The number of nitrogens with two attached hydrogens (primary N) is 2. The molecule has 19 heavy (non-hydrogen) atoms. The van der Waals surface area contributed by atoms with Crippen LogP contribution in [0.25, 0.3) is 0 Å². The summed E-state index contributed by atoms with van der Waals surface area (Å²) in [5, 5.41) is 0. The number of carbonyl (C=O) groups is 1. The lowest BCUT2D eigenvalue weighted by Gasteiger charge is -2.06. The standard InChI is InChI=1S/C14H15N3O2/c15-11-7-10(8-12(16)9-11)14(18)19-6-4-13-3-1-2-5-17-13/h1-3,5,7-9H,4,6,15-16H2. The van der Waals surface area contributed by atoms with Gasteiger partial charge in [-0.2, -0.15) is 0 Å². The highest BCUT2D eigenvalue weighted by Crippen LogP contribution is 2.14. The summed E-state index contributed by atoms with van der Waals surface area (Å²) in [7, 11) is 0. The molecule has 0 radical (unpaired) electrons. The van der Waals surface area contributed by atoms with Crippen LogP contribution in [0.5, 0.6) is 0 Å². The normalized spacial score (nSPS) is 10.1. The number of ether oxygens (including phenoxy) is 1. The van der Waals surface area contributed by atoms with Gasteiger partial charge in [0, 0.05) is 29.7 Å². The molecule has 0 saturated heterocycles. The summed E-state index contributed by atoms with van der Waals surface area (Å²) in [5.41, 5.74) is 13.4. The maximum Gasteiger partial charge on any atom is 0.338 e. The zero-order valence-corrected chi connectivity index (χ0v) is 10.4. The number of esters is 1. The average molecular weight is 257 g/mol. The molecule has 98 valence electrons. The summed E-state index contributed by atoms with van der Waals surface area (Å²) in [5.74, 6) is -0.435. The summed E-state index contributed by atoms with van der Waals surface area (Å²) in [6.45, 7) is 0.268. The third-order valence-electron chi connectivity index (χ3n) is 2.53. The Bertz CT molecular complexity index is 550. The lowest BCUT2D eigenvalue weighted by molar-refractivity contribution is 0.0508. The van der Waals surface area contributed by atoms with Crippen molar-refractivity contribution in [2.45, 2.75) is 6.42 Å². The quantitative estimate of drug-likeness (QED) is 0.642. The van der Waals surface area contributed by atoms with Crippen LogP contribution in [0.2, 0.25) is 0 Å². The van der Waals surface area contributed by atoms with Crippen molar-refractivity contribution in [3.63, 3.8) is 0 Å². The Kier molecular flexibility index (Phi) is 3.97. The first-order valence-corrected chi connectivity index (χ1v) is 5.88. The molecular weight excluding hydrogens is 242 g/mol. The van der Waals surface area contributed by atoms with Crippen LogP contribution >= 0.6 is 0 Å². The summed E-state index contributed by atoms with van der Waals surface area (Å²) < 4.78 is 5.15. The van der Waals surface area contributed by atoms with Gasteiger partial charge in [-0.25, -0.2) is 4.79 Å². The Morgan fingerprint density at radius 1 is 1.16 bits per heavy atom. The molecule has 0 aliphatic carbocycles. The van der Waals surface area contributed by atoms with Crippen molar-refractivity contribution in [3.8, 4) is 0 Å². The first-order valence-electron chi connectivity index (χ1n) is 5.88. The summed E-state index contributed by atoms with van der Waals surface area (Å²) in [4.78, 5) is 15.9. The highest BCUT2D eigenvalue weighted by molar-refractivity contribution is 5.91. The van der Waals surface area contributed by atoms with Crippen LogP contribution in [0.1, 0.15) is 16.1 Å². The number of carbonyl (C=O) groups excluding carboxylic acids is 1. The molecule has 2 rings (SSSR count). The van der Waals surface area contributed by atoms with E-state index in [-0.39, 0.29) is 6.61 Å². The molecule has 5 heteroatoms. The minimum absolute atomic E-state index is 0.268. The van der Waals surface area contributed by atoms with Crippen LogP contribution in [0.4, 0.5) is 11.4 Å². The number of aromatic nitrogens is 1. The van der Waals surface area contributed by atoms with Crippen molar-refractivity contribution < 1.29 is 9.53 Å². The molecule has 0 saturated carbocycles. The fourth-order valence-corrected chi connectivity index (χ4v) is 1.67. The summed E-state index contributed by atoms with van der Waals surface area (Å²) >= 11 is 0. The number of pyridine rings is 1. The minimum atomic E-state index is -0.435. The fourth-order valence-electron chi connectivity index (χ4n) is 1.67. The molecular formula is C14H15N3O2. The van der Waals surface area contributed by atoms with Gasteiger partial charge >= 0.3 is 5.97 Å². The molecule has 2 aromatic rings. The van der Waals surface area contributed by atoms with E-state index in [1.807, 2.05) is 18.2 Å². The van der Waals surface area contributed by atoms with E-state index in [4.69, 9.17) is 16.2 Å². The van der Waals surface area contributed by atoms with E-state index in [0.717, 1.165) is 5.69 Å². The van der Waals surface area contributed by atoms with Crippen LogP contribution in [-0.4, -0.2) is 17.6 Å². The lowest BCUT2D eigenvalue weighted by atomic mass is 10.2. The number of hydrogen-bond acceptors (Lipinski definition) is 5. The number of benzene rings is 1. The maximum atomic E-state index is 11.8. The molecule has 0 fully saturated rings. The van der Waals surface area contributed by atoms with Gasteiger partial charge in [-0.3, -0.25) is 4.98 Å². The SMILES string of the molecule is Nc1cc(N)cc(C(=O)OCCc2ccccn2)c1. The first-order chi connectivity index (χ1) is 9.15. The largest absolute Gasteiger partial charge is 0.462 e. The van der Waals surface area contributed by atoms with Crippen LogP contribution in [-0.2, 0) is 11.2 Å². The van der Waals surface area contributed by atoms with Gasteiger partial charge in [0.25, 0.3) is 0 Å². The molecule has 0 bridgehead atoms. The van der Waals surface area contributed by atoms with Gasteiger partial charge < -0.3 is 16.2 Å². The molecule has 1 aromatic carbocycles. The van der Waals surface area contributed by atoms with Crippen LogP contribution in [0, 0.1) is 0 Å². The fraction of sp³-hybridized carbons (Fsp3) is 0.143. The Hall–Kier alpha value is -2.56. The molecule has 0 unspecified atom stereocenters. The van der Waals surface area contributed by atoms with Gasteiger partial charge in [0.1, 0.15) is 0 Å². The van der Waals surface area contributed by atoms with Crippen molar-refractivity contribution in [1.29, 1.82) is 0 Å². The zero-order valence-electron chi connectivity index (χ0n) is 10.4. The van der Waals surface area contributed by atoms with Crippen molar-refractivity contribution in [2.75, 3.05) is 18.1 Å². The number of nitrogen functional groups attached to an aromatic ring is 2. The van der Waals surface area contributed by atoms with E-state index in [0.29, 0.717) is 23.4 Å². The van der Waals surface area contributed by atoms with E-state index in [9.17, 15) is 4.79 Å². The van der Waals surface area contributed by atoms with E-state index in [1.54, 1.807) is 24.4 Å². The van der Waals surface area contributed by atoms with Crippen LogP contribution < -0.4 is 11.5 Å². The van der Waals surface area contributed by atoms with Gasteiger partial charge in [-0.05, 0) is 30.3 Å². The number of anilines is 2. The zero-order chi connectivity index (χ0) is 13.7. The highest BCUT2D eigenvalue weighted by atomic mass is 16.5. The Morgan fingerprint density at radius 2 is 1.89 bits per heavy atom. The van der Waals surface area contributed by atoms with E-state index in [1.165, 1.54) is 0 Å². The van der Waals surface area contributed by atoms with E-state index >= 15 is 0 Å². The average Bonchev–Trinajstić information content (AvgIpc) is 2.38. The topological polar surface area (TPSA) is 91.2 Å². The lowest BCUT2D eigenvalue weighted by Crippen LogP contribution is -2.09. The Morgan fingerprint density at radius 3 is 2.53 bits per heavy atom. The molecule has 0 aliphatic heterocycles. The number of rotatable bonds is 4. The van der Waals surface area contributed by atoms with E-state index < -0.39 is 5.97 Å². The van der Waals surface area contributed by atoms with Gasteiger partial charge in [0.05, 0.1) is 12.2 Å². The van der Waals surface area contributed by atoms with Crippen molar-refractivity contribution in [1.82, 2.24) is 4.98 Å². The monoisotopic (exact) mass is 257 g/mol. The van der Waals surface area contributed by atoms with Crippen molar-refractivity contribution in [2.24, 2.45) is 0 Å². The Labute approximate surface area is 111 Å². The predicted octanol–water partition coefficient (Wildman–Crippen LogP) is 1.65. The molecule has 0 aliphatic rings. The predicted molar refractivity (Wildman–Crippen MR) is 73.5 cm³/mol. The minimum Gasteiger partial charge on any atom is -0.462 e. The Balaban J connectivity index is 1.91. The van der Waals surface area contributed by atoms with Gasteiger partial charge in [-0.15, -0.1) is 0 Å². The smallest absolute Gasteiger partial charge is 0.338 e.